The van der Waals surface area contributed by atoms with Gasteiger partial charge in [0.2, 0.25) is 0 Å². The molecule has 0 aromatic heterocycles. The molecule has 0 saturated carbocycles. The Labute approximate surface area is 181 Å². The summed E-state index contributed by atoms with van der Waals surface area (Å²) in [4.78, 5) is 0.143. The zero-order valence-corrected chi connectivity index (χ0v) is 18.0. The van der Waals surface area contributed by atoms with Crippen LogP contribution in [-0.2, 0) is 20.6 Å². The van der Waals surface area contributed by atoms with Crippen LogP contribution in [-0.4, -0.2) is 16.8 Å². The number of benzene rings is 2. The first-order valence-electron chi connectivity index (χ1n) is 5.67. The molecule has 114 valence electrons. The monoisotopic (exact) mass is 384 g/mol. The van der Waals surface area contributed by atoms with Crippen LogP contribution in [0.5, 0.6) is 0 Å². The zero-order chi connectivity index (χ0) is 16.3. The molecule has 8 heteroatoms. The fourth-order valence-corrected chi connectivity index (χ4v) is 1.94. The van der Waals surface area contributed by atoms with E-state index in [1.54, 1.807) is 12.1 Å². The molecule has 0 aliphatic rings. The molecule has 0 atom stereocenters. The first-order valence-corrected chi connectivity index (χ1v) is 8.64. The Morgan fingerprint density at radius 1 is 0.909 bits per heavy atom. The van der Waals surface area contributed by atoms with E-state index in [2.05, 4.69) is 13.0 Å². The van der Waals surface area contributed by atoms with Crippen molar-refractivity contribution in [3.8, 4) is 0 Å². The molecule has 22 heavy (non-hydrogen) atoms. The van der Waals surface area contributed by atoms with Crippen molar-refractivity contribution in [1.82, 2.24) is 0 Å². The van der Waals surface area contributed by atoms with Gasteiger partial charge in [-0.3, -0.25) is 0 Å². The summed E-state index contributed by atoms with van der Waals surface area (Å²) in [6.45, 7) is 3.94. The number of aryl methyl sites for hydroxylation is 2. The summed E-state index contributed by atoms with van der Waals surface area (Å²) in [5.74, 6) is 0. The average molecular weight is 385 g/mol. The normalized spacial score (nSPS) is 9.05. The maximum absolute atomic E-state index is 10.7. The van der Waals surface area contributed by atoms with Gasteiger partial charge in [-0.05, 0) is 19.1 Å². The van der Waals surface area contributed by atoms with Gasteiger partial charge in [-0.2, -0.15) is 44.3 Å². The molecule has 4 nitrogen and oxygen atoms in total. The first kappa shape index (κ1) is 24.4. The van der Waals surface area contributed by atoms with E-state index in [4.69, 9.17) is 19.1 Å². The molecule has 0 aliphatic carbocycles. The van der Waals surface area contributed by atoms with E-state index in [0.717, 1.165) is 5.56 Å². The third-order valence-corrected chi connectivity index (χ3v) is 3.56. The van der Waals surface area contributed by atoms with Crippen molar-refractivity contribution < 1.29 is 68.2 Å². The molecule has 0 amide bonds. The first-order chi connectivity index (χ1) is 9.81. The summed E-state index contributed by atoms with van der Waals surface area (Å²) in [6.07, 6.45) is 0. The molecular weight excluding hydrogens is 371 g/mol. The Balaban J connectivity index is 0. The van der Waals surface area contributed by atoms with Crippen LogP contribution in [0, 0.1) is 19.9 Å². The van der Waals surface area contributed by atoms with Crippen LogP contribution >= 0.6 is 10.7 Å². The van der Waals surface area contributed by atoms with Gasteiger partial charge < -0.3 is 0 Å². The van der Waals surface area contributed by atoms with Crippen LogP contribution in [0.3, 0.4) is 0 Å². The van der Waals surface area contributed by atoms with Crippen molar-refractivity contribution in [2.24, 2.45) is 0 Å². The largest absolute Gasteiger partial charge is 1.00 e. The molecule has 0 bridgehead atoms. The van der Waals surface area contributed by atoms with E-state index >= 15 is 0 Å². The van der Waals surface area contributed by atoms with Crippen molar-refractivity contribution >= 4 is 31.3 Å². The Morgan fingerprint density at radius 2 is 1.27 bits per heavy atom. The number of halogens is 1. The summed E-state index contributed by atoms with van der Waals surface area (Å²) < 4.78 is 38.0. The Bertz CT molecular complexity index is 668. The van der Waals surface area contributed by atoms with Crippen molar-refractivity contribution in [1.29, 1.82) is 0 Å². The van der Waals surface area contributed by atoms with E-state index in [0.29, 0.717) is 0 Å². The van der Waals surface area contributed by atoms with Crippen LogP contribution in [0.25, 0.3) is 0 Å². The van der Waals surface area contributed by atoms with Crippen molar-refractivity contribution in [3.05, 3.63) is 65.7 Å². The minimum Gasteiger partial charge on any atom is -0.207 e. The molecule has 0 heterocycles. The van der Waals surface area contributed by atoms with Gasteiger partial charge in [0.05, 0.1) is 4.90 Å². The second-order valence-corrected chi connectivity index (χ2v) is 6.60. The third-order valence-electron chi connectivity index (χ3n) is 2.19. The molecule has 0 saturated heterocycles. The number of hydrogen-bond acceptors (Lipinski definition) is 4. The van der Waals surface area contributed by atoms with Gasteiger partial charge in [0.1, 0.15) is 0 Å². The fraction of sp³-hybridized carbons (Fsp3) is 0.143. The molecule has 2 aromatic carbocycles. The molecule has 0 aliphatic heterocycles. The molecule has 2 rings (SSSR count). The topological polar surface area (TPSA) is 68.3 Å². The number of rotatable bonds is 1. The minimum absolute atomic E-state index is 0. The molecule has 0 fully saturated rings. The summed E-state index contributed by atoms with van der Waals surface area (Å²) in [7, 11) is 1.54. The quantitative estimate of drug-likeness (QED) is 0.396. The molecule has 0 unspecified atom stereocenters. The Hall–Kier alpha value is 0.136. The second-order valence-electron chi connectivity index (χ2n) is 3.90. The summed E-state index contributed by atoms with van der Waals surface area (Å²) in [5.41, 5.74) is 2.30. The summed E-state index contributed by atoms with van der Waals surface area (Å²) in [6, 6.07) is 17.2. The van der Waals surface area contributed by atoms with Gasteiger partial charge in [0.25, 0.3) is 9.05 Å². The van der Waals surface area contributed by atoms with Gasteiger partial charge in [-0.1, -0.05) is 24.6 Å². The van der Waals surface area contributed by atoms with Gasteiger partial charge in [0.15, 0.2) is 0 Å². The maximum atomic E-state index is 10.7. The Morgan fingerprint density at radius 3 is 1.55 bits per heavy atom. The summed E-state index contributed by atoms with van der Waals surface area (Å²) in [5, 5.41) is 0. The minimum atomic E-state index is -3.55. The van der Waals surface area contributed by atoms with E-state index < -0.39 is 20.6 Å². The SMILES string of the molecule is Cc1cc[c-]cc1.Cc1ccc(S(=O)(=O)Cl)cc1.O=S=O.[K+]. The van der Waals surface area contributed by atoms with E-state index in [1.165, 1.54) is 17.7 Å². The van der Waals surface area contributed by atoms with Crippen LogP contribution in [0.15, 0.2) is 53.4 Å². The van der Waals surface area contributed by atoms with Gasteiger partial charge >= 0.3 is 63.0 Å². The van der Waals surface area contributed by atoms with Gasteiger partial charge in [-0.15, -0.1) is 0 Å². The standard InChI is InChI=1S/C7H7ClO2S.C7H7.K.O2S/c1-6-2-4-7(5-3-6)11(8,9)10;1-7-5-3-2-4-6-7;;1-3-2/h2-5H,1H3;3-6H,1H3;;/q;-1;+1;. The molecule has 0 N–H and O–H groups in total. The molecule has 0 spiro atoms. The zero-order valence-electron chi connectivity index (χ0n) is 12.4. The van der Waals surface area contributed by atoms with Gasteiger partial charge in [0, 0.05) is 10.7 Å². The number of hydrogen-bond donors (Lipinski definition) is 0. The summed E-state index contributed by atoms with van der Waals surface area (Å²) >= 11 is -0.750. The van der Waals surface area contributed by atoms with Crippen molar-refractivity contribution in [2.45, 2.75) is 18.7 Å². The van der Waals surface area contributed by atoms with Crippen molar-refractivity contribution in [2.75, 3.05) is 0 Å². The van der Waals surface area contributed by atoms with Crippen LogP contribution in [0.4, 0.5) is 0 Å². The van der Waals surface area contributed by atoms with E-state index in [1.807, 2.05) is 31.2 Å². The van der Waals surface area contributed by atoms with E-state index in [9.17, 15) is 8.42 Å². The predicted molar refractivity (Wildman–Crippen MR) is 83.2 cm³/mol. The van der Waals surface area contributed by atoms with Gasteiger partial charge in [-0.25, -0.2) is 8.42 Å². The van der Waals surface area contributed by atoms with Crippen LogP contribution < -0.4 is 51.4 Å². The molecule has 0 radical (unpaired) electrons. The van der Waals surface area contributed by atoms with Crippen LogP contribution in [0.1, 0.15) is 11.1 Å². The second kappa shape index (κ2) is 13.6. The third kappa shape index (κ3) is 12.7. The Kier molecular flexibility index (Phi) is 15.0. The molecule has 2 aromatic rings. The van der Waals surface area contributed by atoms with Crippen LogP contribution in [0.2, 0.25) is 0 Å². The fourth-order valence-electron chi connectivity index (χ4n) is 1.17. The smallest absolute Gasteiger partial charge is 0.207 e. The molecular formula is C14H14ClKO4S2. The van der Waals surface area contributed by atoms with Crippen molar-refractivity contribution in [3.63, 3.8) is 0 Å². The van der Waals surface area contributed by atoms with E-state index in [-0.39, 0.29) is 56.3 Å². The predicted octanol–water partition coefficient (Wildman–Crippen LogP) is 0.0515. The maximum Gasteiger partial charge on any atom is 1.00 e. The average Bonchev–Trinajstić information content (AvgIpc) is 2.40.